The first kappa shape index (κ1) is 11.0. The summed E-state index contributed by atoms with van der Waals surface area (Å²) >= 11 is 0. The van der Waals surface area contributed by atoms with Gasteiger partial charge in [0.2, 0.25) is 5.95 Å². The van der Waals surface area contributed by atoms with E-state index in [4.69, 9.17) is 4.74 Å². The van der Waals surface area contributed by atoms with Gasteiger partial charge in [0.25, 0.3) is 5.91 Å². The zero-order chi connectivity index (χ0) is 11.4. The third-order valence-corrected chi connectivity index (χ3v) is 2.50. The summed E-state index contributed by atoms with van der Waals surface area (Å²) in [7, 11) is 0. The number of carbonyl (C=O) groups is 1. The first-order chi connectivity index (χ1) is 7.75. The third kappa shape index (κ3) is 2.76. The molecule has 0 aliphatic carbocycles. The van der Waals surface area contributed by atoms with E-state index in [9.17, 15) is 9.18 Å². The quantitative estimate of drug-likeness (QED) is 0.766. The third-order valence-electron chi connectivity index (χ3n) is 2.50. The van der Waals surface area contributed by atoms with Crippen LogP contribution in [0.2, 0.25) is 0 Å². The molecule has 1 aromatic heterocycles. The van der Waals surface area contributed by atoms with E-state index in [1.165, 1.54) is 18.2 Å². The number of carbonyl (C=O) groups excluding carboxylic acids is 1. The van der Waals surface area contributed by atoms with E-state index >= 15 is 0 Å². The van der Waals surface area contributed by atoms with E-state index in [0.717, 1.165) is 12.8 Å². The van der Waals surface area contributed by atoms with Crippen molar-refractivity contribution in [3.63, 3.8) is 0 Å². The number of amides is 1. The second kappa shape index (κ2) is 5.03. The Labute approximate surface area is 92.8 Å². The zero-order valence-corrected chi connectivity index (χ0v) is 8.78. The Kier molecular flexibility index (Phi) is 3.46. The van der Waals surface area contributed by atoms with Gasteiger partial charge in [-0.1, -0.05) is 6.07 Å². The number of pyridine rings is 1. The lowest BCUT2D eigenvalue weighted by molar-refractivity contribution is 0.0693. The summed E-state index contributed by atoms with van der Waals surface area (Å²) in [5.41, 5.74) is 0.117. The van der Waals surface area contributed by atoms with E-state index in [1.54, 1.807) is 0 Å². The molecule has 0 aromatic carbocycles. The van der Waals surface area contributed by atoms with Gasteiger partial charge in [0, 0.05) is 19.3 Å². The van der Waals surface area contributed by atoms with Crippen LogP contribution in [0.4, 0.5) is 4.39 Å². The first-order valence-electron chi connectivity index (χ1n) is 5.27. The molecule has 86 valence electrons. The molecule has 1 aliphatic heterocycles. The van der Waals surface area contributed by atoms with Crippen LogP contribution >= 0.6 is 0 Å². The van der Waals surface area contributed by atoms with Crippen LogP contribution in [0.5, 0.6) is 0 Å². The molecule has 1 aliphatic rings. The average Bonchev–Trinajstić information content (AvgIpc) is 2.30. The monoisotopic (exact) mass is 224 g/mol. The van der Waals surface area contributed by atoms with Crippen LogP contribution < -0.4 is 5.32 Å². The summed E-state index contributed by atoms with van der Waals surface area (Å²) in [6.07, 6.45) is 1.59. The van der Waals surface area contributed by atoms with E-state index in [1.807, 2.05) is 0 Å². The molecule has 1 N–H and O–H groups in total. The molecule has 1 aromatic rings. The van der Waals surface area contributed by atoms with Gasteiger partial charge in [-0.25, -0.2) is 4.98 Å². The van der Waals surface area contributed by atoms with Gasteiger partial charge in [-0.15, -0.1) is 0 Å². The van der Waals surface area contributed by atoms with Crippen LogP contribution in [0.25, 0.3) is 0 Å². The van der Waals surface area contributed by atoms with Crippen LogP contribution in [0, 0.1) is 5.95 Å². The normalized spacial score (nSPS) is 17.1. The Morgan fingerprint density at radius 1 is 1.44 bits per heavy atom. The standard InChI is InChI=1S/C11H13FN2O2/c12-10-3-1-2-9(14-10)11(15)13-8-4-6-16-7-5-8/h1-3,8H,4-7H2,(H,13,15). The predicted octanol–water partition coefficient (Wildman–Crippen LogP) is 1.13. The van der Waals surface area contributed by atoms with Gasteiger partial charge in [0.1, 0.15) is 5.69 Å². The molecule has 1 saturated heterocycles. The van der Waals surface area contributed by atoms with Crippen molar-refractivity contribution in [2.24, 2.45) is 0 Å². The molecule has 0 atom stereocenters. The van der Waals surface area contributed by atoms with Crippen molar-refractivity contribution in [2.45, 2.75) is 18.9 Å². The summed E-state index contributed by atoms with van der Waals surface area (Å²) < 4.78 is 18.0. The largest absolute Gasteiger partial charge is 0.381 e. The van der Waals surface area contributed by atoms with E-state index < -0.39 is 5.95 Å². The minimum atomic E-state index is -0.639. The predicted molar refractivity (Wildman–Crippen MR) is 55.5 cm³/mol. The summed E-state index contributed by atoms with van der Waals surface area (Å²) in [6, 6.07) is 4.29. The minimum absolute atomic E-state index is 0.103. The highest BCUT2D eigenvalue weighted by Crippen LogP contribution is 2.07. The highest BCUT2D eigenvalue weighted by molar-refractivity contribution is 5.92. The van der Waals surface area contributed by atoms with Crippen LogP contribution in [-0.2, 0) is 4.74 Å². The van der Waals surface area contributed by atoms with Gasteiger partial charge in [-0.3, -0.25) is 4.79 Å². The van der Waals surface area contributed by atoms with Crippen molar-refractivity contribution in [2.75, 3.05) is 13.2 Å². The number of rotatable bonds is 2. The van der Waals surface area contributed by atoms with Crippen LogP contribution in [0.3, 0.4) is 0 Å². The molecule has 0 radical (unpaired) electrons. The number of ether oxygens (including phenoxy) is 1. The fraction of sp³-hybridized carbons (Fsp3) is 0.455. The second-order valence-corrected chi connectivity index (χ2v) is 3.71. The van der Waals surface area contributed by atoms with Crippen molar-refractivity contribution in [3.8, 4) is 0 Å². The van der Waals surface area contributed by atoms with Gasteiger partial charge in [0.15, 0.2) is 0 Å². The maximum absolute atomic E-state index is 12.8. The maximum atomic E-state index is 12.8. The first-order valence-corrected chi connectivity index (χ1v) is 5.27. The van der Waals surface area contributed by atoms with Crippen LogP contribution in [-0.4, -0.2) is 30.1 Å². The highest BCUT2D eigenvalue weighted by Gasteiger charge is 2.17. The minimum Gasteiger partial charge on any atom is -0.381 e. The summed E-state index contributed by atoms with van der Waals surface area (Å²) in [5.74, 6) is -0.967. The van der Waals surface area contributed by atoms with Crippen molar-refractivity contribution in [3.05, 3.63) is 29.8 Å². The number of aromatic nitrogens is 1. The lowest BCUT2D eigenvalue weighted by Crippen LogP contribution is -2.39. The summed E-state index contributed by atoms with van der Waals surface area (Å²) in [6.45, 7) is 1.31. The molecule has 1 amide bonds. The zero-order valence-electron chi connectivity index (χ0n) is 8.78. The average molecular weight is 224 g/mol. The molecule has 0 unspecified atom stereocenters. The smallest absolute Gasteiger partial charge is 0.270 e. The number of nitrogens with one attached hydrogen (secondary N) is 1. The van der Waals surface area contributed by atoms with Crippen LogP contribution in [0.1, 0.15) is 23.3 Å². The summed E-state index contributed by atoms with van der Waals surface area (Å²) in [4.78, 5) is 15.2. The molecule has 0 saturated carbocycles. The number of nitrogens with zero attached hydrogens (tertiary/aromatic N) is 1. The van der Waals surface area contributed by atoms with Crippen molar-refractivity contribution in [1.82, 2.24) is 10.3 Å². The Morgan fingerprint density at radius 2 is 2.19 bits per heavy atom. The van der Waals surface area contributed by atoms with Crippen molar-refractivity contribution >= 4 is 5.91 Å². The Balaban J connectivity index is 1.97. The fourth-order valence-corrected chi connectivity index (χ4v) is 1.64. The highest BCUT2D eigenvalue weighted by atomic mass is 19.1. The molecular formula is C11H13FN2O2. The molecule has 0 spiro atoms. The number of halogens is 1. The number of hydrogen-bond acceptors (Lipinski definition) is 3. The van der Waals surface area contributed by atoms with Crippen molar-refractivity contribution in [1.29, 1.82) is 0 Å². The lowest BCUT2D eigenvalue weighted by Gasteiger charge is -2.22. The van der Waals surface area contributed by atoms with Gasteiger partial charge in [0.05, 0.1) is 0 Å². The molecule has 16 heavy (non-hydrogen) atoms. The fourth-order valence-electron chi connectivity index (χ4n) is 1.64. The number of hydrogen-bond donors (Lipinski definition) is 1. The SMILES string of the molecule is O=C(NC1CCOCC1)c1cccc(F)n1. The Hall–Kier alpha value is -1.49. The Morgan fingerprint density at radius 3 is 2.88 bits per heavy atom. The molecule has 2 heterocycles. The molecular weight excluding hydrogens is 211 g/mol. The Bertz CT molecular complexity index is 378. The van der Waals surface area contributed by atoms with E-state index in [0.29, 0.717) is 13.2 Å². The summed E-state index contributed by atoms with van der Waals surface area (Å²) in [5, 5.41) is 2.81. The molecule has 2 rings (SSSR count). The molecule has 0 bridgehead atoms. The maximum Gasteiger partial charge on any atom is 0.270 e. The molecule has 4 nitrogen and oxygen atoms in total. The van der Waals surface area contributed by atoms with E-state index in [-0.39, 0.29) is 17.6 Å². The lowest BCUT2D eigenvalue weighted by atomic mass is 10.1. The van der Waals surface area contributed by atoms with Gasteiger partial charge in [-0.2, -0.15) is 4.39 Å². The molecule has 5 heteroatoms. The topological polar surface area (TPSA) is 51.2 Å². The molecule has 1 fully saturated rings. The van der Waals surface area contributed by atoms with Crippen molar-refractivity contribution < 1.29 is 13.9 Å². The van der Waals surface area contributed by atoms with Gasteiger partial charge in [-0.05, 0) is 25.0 Å². The van der Waals surface area contributed by atoms with E-state index in [2.05, 4.69) is 10.3 Å². The van der Waals surface area contributed by atoms with Gasteiger partial charge >= 0.3 is 0 Å². The second-order valence-electron chi connectivity index (χ2n) is 3.71. The van der Waals surface area contributed by atoms with Gasteiger partial charge < -0.3 is 10.1 Å². The van der Waals surface area contributed by atoms with Crippen LogP contribution in [0.15, 0.2) is 18.2 Å².